The Morgan fingerprint density at radius 3 is 1.41 bits per heavy atom. The summed E-state index contributed by atoms with van der Waals surface area (Å²) >= 11 is 0. The van der Waals surface area contributed by atoms with E-state index in [0.717, 1.165) is 17.6 Å². The summed E-state index contributed by atoms with van der Waals surface area (Å²) in [5, 5.41) is 0.778. The van der Waals surface area contributed by atoms with Crippen LogP contribution in [0, 0.1) is 0 Å². The fourth-order valence-electron chi connectivity index (χ4n) is 4.25. The number of nitrogens with zero attached hydrogens (tertiary/aromatic N) is 1. The van der Waals surface area contributed by atoms with E-state index in [1.165, 1.54) is 25.0 Å². The standard InChI is InChI=1S/C20H38NP.C6H10.Ti/c1-10-18(4,5)22(19(6,7)11-2,20(8,9)12-3)21-17-15-13-14-16-17;1-5(2)6(3)4;/h13-15H,10-12,16H2,1-9H3;1,3H2,2,4H3;. The van der Waals surface area contributed by atoms with Crippen molar-refractivity contribution in [3.05, 3.63) is 48.2 Å². The Hall–Kier alpha value is -0.0957. The monoisotopic (exact) mass is 453 g/mol. The number of hydrogen-bond acceptors (Lipinski definition) is 1. The summed E-state index contributed by atoms with van der Waals surface area (Å²) < 4.78 is 5.64. The normalized spacial score (nSPS) is 14.4. The first-order valence-electron chi connectivity index (χ1n) is 11.0. The molecule has 3 heteroatoms. The van der Waals surface area contributed by atoms with Crippen LogP contribution in [-0.4, -0.2) is 15.5 Å². The van der Waals surface area contributed by atoms with Crippen LogP contribution < -0.4 is 0 Å². The van der Waals surface area contributed by atoms with Gasteiger partial charge < -0.3 is 0 Å². The molecule has 1 rings (SSSR count). The van der Waals surface area contributed by atoms with Crippen LogP contribution >= 0.6 is 7.05 Å². The van der Waals surface area contributed by atoms with E-state index in [2.05, 4.69) is 93.7 Å². The smallest absolute Gasteiger partial charge is 0.0425 e. The summed E-state index contributed by atoms with van der Waals surface area (Å²) in [5.74, 6) is 0. The van der Waals surface area contributed by atoms with Gasteiger partial charge in [-0.05, 0) is 46.2 Å². The molecule has 0 N–H and O–H groups in total. The minimum atomic E-state index is -1.64. The largest absolute Gasteiger partial charge is 0.270 e. The van der Waals surface area contributed by atoms with Gasteiger partial charge in [-0.25, -0.2) is 0 Å². The van der Waals surface area contributed by atoms with E-state index in [-0.39, 0.29) is 37.2 Å². The third-order valence-electron chi connectivity index (χ3n) is 6.98. The molecule has 1 nitrogen and oxygen atoms in total. The minimum absolute atomic E-state index is 0. The van der Waals surface area contributed by atoms with Gasteiger partial charge in [0.15, 0.2) is 0 Å². The first-order chi connectivity index (χ1) is 12.7. The zero-order valence-electron chi connectivity index (χ0n) is 21.4. The summed E-state index contributed by atoms with van der Waals surface area (Å²) in [5.41, 5.74) is 3.43. The third kappa shape index (κ3) is 6.95. The van der Waals surface area contributed by atoms with E-state index in [1.54, 1.807) is 0 Å². The van der Waals surface area contributed by atoms with Gasteiger partial charge in [0.25, 0.3) is 0 Å². The first-order valence-corrected chi connectivity index (χ1v) is 12.7. The van der Waals surface area contributed by atoms with Crippen LogP contribution in [0.15, 0.2) is 53.0 Å². The molecular formula is C26H48NPTi. The van der Waals surface area contributed by atoms with Gasteiger partial charge in [-0.1, -0.05) is 98.8 Å². The van der Waals surface area contributed by atoms with Gasteiger partial charge >= 0.3 is 0 Å². The van der Waals surface area contributed by atoms with Crippen LogP contribution in [0.4, 0.5) is 0 Å². The average molecular weight is 454 g/mol. The molecule has 29 heavy (non-hydrogen) atoms. The van der Waals surface area contributed by atoms with Crippen LogP contribution in [0.1, 0.15) is 102 Å². The Labute approximate surface area is 198 Å². The molecule has 0 aromatic carbocycles. The van der Waals surface area contributed by atoms with Gasteiger partial charge in [0.2, 0.25) is 0 Å². The third-order valence-corrected chi connectivity index (χ3v) is 13.7. The first kappa shape index (κ1) is 31.1. The maximum atomic E-state index is 5.64. The molecule has 0 aromatic heterocycles. The van der Waals surface area contributed by atoms with E-state index in [9.17, 15) is 0 Å². The number of allylic oxidation sites excluding steroid dienone is 5. The van der Waals surface area contributed by atoms with Crippen molar-refractivity contribution in [2.45, 2.75) is 117 Å². The number of hydrogen-bond donors (Lipinski definition) is 0. The van der Waals surface area contributed by atoms with Crippen LogP contribution in [0.5, 0.6) is 0 Å². The van der Waals surface area contributed by atoms with Crippen LogP contribution in [0.2, 0.25) is 0 Å². The molecule has 0 atom stereocenters. The Balaban J connectivity index is 0. The van der Waals surface area contributed by atoms with Crippen LogP contribution in [0.3, 0.4) is 0 Å². The Morgan fingerprint density at radius 1 is 0.862 bits per heavy atom. The van der Waals surface area contributed by atoms with Crippen molar-refractivity contribution in [2.75, 3.05) is 0 Å². The molecule has 0 spiro atoms. The molecule has 0 fully saturated rings. The van der Waals surface area contributed by atoms with Crippen LogP contribution in [-0.2, 0) is 21.7 Å². The molecule has 1 aliphatic rings. The molecule has 166 valence electrons. The van der Waals surface area contributed by atoms with Crippen molar-refractivity contribution in [2.24, 2.45) is 4.74 Å². The zero-order chi connectivity index (χ0) is 22.4. The minimum Gasteiger partial charge on any atom is -0.270 e. The maximum absolute atomic E-state index is 5.64. The van der Waals surface area contributed by atoms with Gasteiger partial charge in [0.1, 0.15) is 0 Å². The summed E-state index contributed by atoms with van der Waals surface area (Å²) in [6, 6.07) is 0. The van der Waals surface area contributed by atoms with Crippen molar-refractivity contribution >= 4 is 7.05 Å². The van der Waals surface area contributed by atoms with Crippen molar-refractivity contribution in [3.63, 3.8) is 0 Å². The maximum Gasteiger partial charge on any atom is 0.0425 e. The van der Waals surface area contributed by atoms with Gasteiger partial charge in [0.05, 0.1) is 0 Å². The predicted molar refractivity (Wildman–Crippen MR) is 134 cm³/mol. The topological polar surface area (TPSA) is 12.4 Å². The second-order valence-corrected chi connectivity index (χ2v) is 15.2. The Bertz CT molecular complexity index is 615. The second kappa shape index (κ2) is 12.1. The van der Waals surface area contributed by atoms with Gasteiger partial charge in [-0.15, -0.1) is 0 Å². The second-order valence-electron chi connectivity index (χ2n) is 10.1. The SMILES string of the molecule is C=C(C)C(=C)C.CCC(C)(C)P(=NC1=CC=CC1)(C(C)(C)CC)C(C)(C)CC.[Ti]. The van der Waals surface area contributed by atoms with Crippen molar-refractivity contribution in [1.29, 1.82) is 0 Å². The summed E-state index contributed by atoms with van der Waals surface area (Å²) in [6.07, 6.45) is 11.2. The molecule has 1 aliphatic carbocycles. The Morgan fingerprint density at radius 2 is 1.21 bits per heavy atom. The molecule has 0 unspecified atom stereocenters. The number of rotatable bonds is 8. The molecule has 0 heterocycles. The molecule has 0 saturated heterocycles. The van der Waals surface area contributed by atoms with E-state index in [4.69, 9.17) is 4.74 Å². The molecule has 0 radical (unpaired) electrons. The summed E-state index contributed by atoms with van der Waals surface area (Å²) in [4.78, 5) is 0. The fourth-order valence-corrected chi connectivity index (χ4v) is 11.9. The van der Waals surface area contributed by atoms with Crippen molar-refractivity contribution in [1.82, 2.24) is 0 Å². The van der Waals surface area contributed by atoms with Crippen LogP contribution in [0.25, 0.3) is 0 Å². The predicted octanol–water partition coefficient (Wildman–Crippen LogP) is 9.73. The molecule has 0 saturated carbocycles. The Kier molecular flexibility index (Phi) is 12.9. The van der Waals surface area contributed by atoms with E-state index in [1.807, 2.05) is 13.8 Å². The van der Waals surface area contributed by atoms with E-state index >= 15 is 0 Å². The fraction of sp³-hybridized carbons (Fsp3) is 0.692. The van der Waals surface area contributed by atoms with Crippen molar-refractivity contribution < 1.29 is 21.7 Å². The molecule has 0 aliphatic heterocycles. The van der Waals surface area contributed by atoms with Gasteiger partial charge in [-0.2, -0.15) is 0 Å². The van der Waals surface area contributed by atoms with E-state index < -0.39 is 7.05 Å². The quantitative estimate of drug-likeness (QED) is 0.197. The van der Waals surface area contributed by atoms with Crippen molar-refractivity contribution in [3.8, 4) is 0 Å². The van der Waals surface area contributed by atoms with E-state index in [0.29, 0.717) is 0 Å². The zero-order valence-corrected chi connectivity index (χ0v) is 23.8. The summed E-state index contributed by atoms with van der Waals surface area (Å²) in [6.45, 7) is 33.1. The molecule has 0 amide bonds. The molecule has 0 aromatic rings. The average Bonchev–Trinajstić information content (AvgIpc) is 3.12. The van der Waals surface area contributed by atoms with Gasteiger partial charge in [0, 0.05) is 49.3 Å². The summed E-state index contributed by atoms with van der Waals surface area (Å²) in [7, 11) is -1.64. The van der Waals surface area contributed by atoms with Gasteiger partial charge in [-0.3, -0.25) is 4.74 Å². The molecule has 0 bridgehead atoms. The molecular weight excluding hydrogens is 405 g/mol.